The van der Waals surface area contributed by atoms with Crippen molar-refractivity contribution in [1.82, 2.24) is 0 Å². The van der Waals surface area contributed by atoms with Gasteiger partial charge in [0.2, 0.25) is 0 Å². The second kappa shape index (κ2) is 6.69. The van der Waals surface area contributed by atoms with Crippen LogP contribution < -0.4 is 15.8 Å². The predicted octanol–water partition coefficient (Wildman–Crippen LogP) is 3.28. The van der Waals surface area contributed by atoms with Crippen molar-refractivity contribution in [1.29, 1.82) is 5.26 Å². The lowest BCUT2D eigenvalue weighted by molar-refractivity contribution is 0.334. The van der Waals surface area contributed by atoms with Crippen molar-refractivity contribution in [2.24, 2.45) is 0 Å². The molecule has 0 aliphatic rings. The van der Waals surface area contributed by atoms with Crippen molar-refractivity contribution >= 4 is 23.0 Å². The van der Waals surface area contributed by atoms with Crippen LogP contribution in [0.1, 0.15) is 5.56 Å². The SMILES string of the molecule is N#Cc1ccc(NCCOc2ccccc2N)cc1Cl. The van der Waals surface area contributed by atoms with Crippen LogP contribution in [-0.4, -0.2) is 13.2 Å². The highest BCUT2D eigenvalue weighted by molar-refractivity contribution is 6.32. The number of rotatable bonds is 5. The van der Waals surface area contributed by atoms with Crippen LogP contribution in [0, 0.1) is 11.3 Å². The van der Waals surface area contributed by atoms with Gasteiger partial charge in [-0.2, -0.15) is 5.26 Å². The Morgan fingerprint density at radius 1 is 1.25 bits per heavy atom. The van der Waals surface area contributed by atoms with Crippen LogP contribution in [0.5, 0.6) is 5.75 Å². The minimum absolute atomic E-state index is 0.436. The van der Waals surface area contributed by atoms with Gasteiger partial charge >= 0.3 is 0 Å². The van der Waals surface area contributed by atoms with Gasteiger partial charge in [0.15, 0.2) is 0 Å². The highest BCUT2D eigenvalue weighted by Crippen LogP contribution is 2.21. The van der Waals surface area contributed by atoms with Gasteiger partial charge in [-0.05, 0) is 30.3 Å². The van der Waals surface area contributed by atoms with Crippen LogP contribution in [0.25, 0.3) is 0 Å². The lowest BCUT2D eigenvalue weighted by atomic mass is 10.2. The Bertz CT molecular complexity index is 637. The largest absolute Gasteiger partial charge is 0.490 e. The van der Waals surface area contributed by atoms with E-state index in [1.807, 2.05) is 24.3 Å². The van der Waals surface area contributed by atoms with E-state index in [1.165, 1.54) is 0 Å². The molecule has 0 aromatic heterocycles. The number of para-hydroxylation sites is 2. The van der Waals surface area contributed by atoms with Crippen LogP contribution in [-0.2, 0) is 0 Å². The highest BCUT2D eigenvalue weighted by atomic mass is 35.5. The van der Waals surface area contributed by atoms with E-state index in [2.05, 4.69) is 5.32 Å². The van der Waals surface area contributed by atoms with Gasteiger partial charge in [0.1, 0.15) is 18.4 Å². The fourth-order valence-electron chi connectivity index (χ4n) is 1.68. The summed E-state index contributed by atoms with van der Waals surface area (Å²) in [5.41, 5.74) is 7.70. The van der Waals surface area contributed by atoms with E-state index in [0.717, 1.165) is 5.69 Å². The third-order valence-electron chi connectivity index (χ3n) is 2.70. The molecule has 0 fully saturated rings. The summed E-state index contributed by atoms with van der Waals surface area (Å²) in [7, 11) is 0. The minimum Gasteiger partial charge on any atom is -0.490 e. The standard InChI is InChI=1S/C15H14ClN3O/c16-13-9-12(6-5-11(13)10-17)19-7-8-20-15-4-2-1-3-14(15)18/h1-6,9,19H,7-8,18H2. The second-order valence-corrected chi connectivity index (χ2v) is 4.53. The quantitative estimate of drug-likeness (QED) is 0.654. The third kappa shape index (κ3) is 3.56. The van der Waals surface area contributed by atoms with Crippen molar-refractivity contribution in [2.45, 2.75) is 0 Å². The number of nitrogen functional groups attached to an aromatic ring is 1. The zero-order valence-corrected chi connectivity index (χ0v) is 11.5. The molecule has 0 aliphatic carbocycles. The summed E-state index contributed by atoms with van der Waals surface area (Å²) in [4.78, 5) is 0. The summed E-state index contributed by atoms with van der Waals surface area (Å²) < 4.78 is 5.56. The molecule has 0 spiro atoms. The lowest BCUT2D eigenvalue weighted by Crippen LogP contribution is -2.12. The number of nitrogens with two attached hydrogens (primary N) is 1. The number of benzene rings is 2. The van der Waals surface area contributed by atoms with Gasteiger partial charge in [-0.25, -0.2) is 0 Å². The first-order chi connectivity index (χ1) is 9.70. The first-order valence-electron chi connectivity index (χ1n) is 6.11. The van der Waals surface area contributed by atoms with Crippen molar-refractivity contribution < 1.29 is 4.74 Å². The molecule has 0 saturated heterocycles. The van der Waals surface area contributed by atoms with Crippen molar-refractivity contribution in [3.05, 3.63) is 53.1 Å². The Morgan fingerprint density at radius 2 is 2.05 bits per heavy atom. The van der Waals surface area contributed by atoms with E-state index < -0.39 is 0 Å². The number of nitriles is 1. The summed E-state index contributed by atoms with van der Waals surface area (Å²) in [5.74, 6) is 0.673. The number of ether oxygens (including phenoxy) is 1. The Hall–Kier alpha value is -2.38. The zero-order chi connectivity index (χ0) is 14.4. The van der Waals surface area contributed by atoms with Gasteiger partial charge in [0, 0.05) is 12.2 Å². The van der Waals surface area contributed by atoms with Crippen LogP contribution in [0.15, 0.2) is 42.5 Å². The average Bonchev–Trinajstić information content (AvgIpc) is 2.45. The van der Waals surface area contributed by atoms with E-state index in [-0.39, 0.29) is 0 Å². The minimum atomic E-state index is 0.436. The highest BCUT2D eigenvalue weighted by Gasteiger charge is 2.01. The van der Waals surface area contributed by atoms with E-state index in [4.69, 9.17) is 27.3 Å². The molecule has 3 N–H and O–H groups in total. The van der Waals surface area contributed by atoms with Gasteiger partial charge in [-0.3, -0.25) is 0 Å². The summed E-state index contributed by atoms with van der Waals surface area (Å²) in [6.45, 7) is 1.09. The molecule has 0 saturated carbocycles. The number of nitrogens with zero attached hydrogens (tertiary/aromatic N) is 1. The Balaban J connectivity index is 1.83. The molecule has 0 radical (unpaired) electrons. The maximum Gasteiger partial charge on any atom is 0.142 e. The van der Waals surface area contributed by atoms with Crippen molar-refractivity contribution in [3.63, 3.8) is 0 Å². The Labute approximate surface area is 122 Å². The third-order valence-corrected chi connectivity index (χ3v) is 3.01. The smallest absolute Gasteiger partial charge is 0.142 e. The molecular weight excluding hydrogens is 274 g/mol. The summed E-state index contributed by atoms with van der Waals surface area (Å²) in [6, 6.07) is 14.6. The zero-order valence-electron chi connectivity index (χ0n) is 10.8. The molecule has 20 heavy (non-hydrogen) atoms. The molecule has 0 aliphatic heterocycles. The molecule has 2 aromatic carbocycles. The van der Waals surface area contributed by atoms with Gasteiger partial charge < -0.3 is 15.8 Å². The molecule has 4 nitrogen and oxygen atoms in total. The van der Waals surface area contributed by atoms with E-state index >= 15 is 0 Å². The van der Waals surface area contributed by atoms with Crippen molar-refractivity contribution in [2.75, 3.05) is 24.2 Å². The van der Waals surface area contributed by atoms with Gasteiger partial charge in [0.05, 0.1) is 16.3 Å². The van der Waals surface area contributed by atoms with E-state index in [9.17, 15) is 0 Å². The number of hydrogen-bond acceptors (Lipinski definition) is 4. The average molecular weight is 288 g/mol. The van der Waals surface area contributed by atoms with E-state index in [1.54, 1.807) is 24.3 Å². The van der Waals surface area contributed by atoms with Crippen LogP contribution in [0.3, 0.4) is 0 Å². The predicted molar refractivity (Wildman–Crippen MR) is 81.0 cm³/mol. The number of nitrogens with one attached hydrogen (secondary N) is 1. The molecular formula is C15H14ClN3O. The fraction of sp³-hybridized carbons (Fsp3) is 0.133. The molecule has 0 bridgehead atoms. The normalized spacial score (nSPS) is 9.80. The van der Waals surface area contributed by atoms with Gasteiger partial charge in [0.25, 0.3) is 0 Å². The monoisotopic (exact) mass is 287 g/mol. The summed E-state index contributed by atoms with van der Waals surface area (Å²) in [5, 5.41) is 12.4. The number of anilines is 2. The second-order valence-electron chi connectivity index (χ2n) is 4.12. The molecule has 0 atom stereocenters. The number of hydrogen-bond donors (Lipinski definition) is 2. The van der Waals surface area contributed by atoms with Gasteiger partial charge in [-0.1, -0.05) is 23.7 Å². The lowest BCUT2D eigenvalue weighted by Gasteiger charge is -2.10. The molecule has 0 heterocycles. The van der Waals surface area contributed by atoms with E-state index in [0.29, 0.717) is 35.2 Å². The molecule has 0 amide bonds. The van der Waals surface area contributed by atoms with Gasteiger partial charge in [-0.15, -0.1) is 0 Å². The molecule has 0 unspecified atom stereocenters. The first kappa shape index (κ1) is 14.0. The van der Waals surface area contributed by atoms with Crippen molar-refractivity contribution in [3.8, 4) is 11.8 Å². The number of halogens is 1. The first-order valence-corrected chi connectivity index (χ1v) is 6.49. The summed E-state index contributed by atoms with van der Waals surface area (Å²) >= 11 is 5.95. The topological polar surface area (TPSA) is 71.1 Å². The van der Waals surface area contributed by atoms with Crippen LogP contribution in [0.4, 0.5) is 11.4 Å². The summed E-state index contributed by atoms with van der Waals surface area (Å²) in [6.07, 6.45) is 0. The molecule has 2 aromatic rings. The fourth-order valence-corrected chi connectivity index (χ4v) is 1.91. The molecule has 5 heteroatoms. The Kier molecular flexibility index (Phi) is 4.70. The Morgan fingerprint density at radius 3 is 2.75 bits per heavy atom. The maximum absolute atomic E-state index is 8.79. The van der Waals surface area contributed by atoms with Crippen LogP contribution >= 0.6 is 11.6 Å². The van der Waals surface area contributed by atoms with Crippen LogP contribution in [0.2, 0.25) is 5.02 Å². The molecule has 2 rings (SSSR count). The maximum atomic E-state index is 8.79. The molecule has 102 valence electrons.